The van der Waals surface area contributed by atoms with Crippen LogP contribution in [-0.2, 0) is 13.1 Å². The molecule has 0 aromatic heterocycles. The molecule has 0 aliphatic carbocycles. The third-order valence-electron chi connectivity index (χ3n) is 3.58. The van der Waals surface area contributed by atoms with E-state index in [1.807, 2.05) is 18.2 Å². The molecule has 2 aromatic rings. The zero-order valence-electron chi connectivity index (χ0n) is 11.1. The minimum absolute atomic E-state index is 0.449. The van der Waals surface area contributed by atoms with Crippen LogP contribution in [0.25, 0.3) is 0 Å². The van der Waals surface area contributed by atoms with E-state index in [-0.39, 0.29) is 0 Å². The van der Waals surface area contributed by atoms with Gasteiger partial charge in [0.05, 0.1) is 0 Å². The summed E-state index contributed by atoms with van der Waals surface area (Å²) in [6, 6.07) is 11.9. The number of nitrogens with zero attached hydrogens (tertiary/aromatic N) is 1. The smallest absolute Gasteiger partial charge is 0.131 e. The van der Waals surface area contributed by atoms with Crippen molar-refractivity contribution in [2.24, 2.45) is 0 Å². The molecule has 0 atom stereocenters. The van der Waals surface area contributed by atoms with Gasteiger partial charge in [-0.1, -0.05) is 24.3 Å². The van der Waals surface area contributed by atoms with E-state index in [1.54, 1.807) is 0 Å². The third kappa shape index (κ3) is 2.65. The highest BCUT2D eigenvalue weighted by Crippen LogP contribution is 2.24. The first kappa shape index (κ1) is 13.1. The summed E-state index contributed by atoms with van der Waals surface area (Å²) in [4.78, 5) is 2.13. The van der Waals surface area contributed by atoms with E-state index in [2.05, 4.69) is 16.3 Å². The minimum Gasteiger partial charge on any atom is -0.366 e. The summed E-state index contributed by atoms with van der Waals surface area (Å²) in [5.41, 5.74) is 2.83. The number of hydrogen-bond donors (Lipinski definition) is 1. The van der Waals surface area contributed by atoms with Gasteiger partial charge in [0.25, 0.3) is 0 Å². The highest BCUT2D eigenvalue weighted by atomic mass is 19.1. The molecule has 1 heterocycles. The average Bonchev–Trinajstić information content (AvgIpc) is 2.65. The van der Waals surface area contributed by atoms with E-state index in [4.69, 9.17) is 0 Å². The highest BCUT2D eigenvalue weighted by molar-refractivity contribution is 5.54. The van der Waals surface area contributed by atoms with Crippen LogP contribution in [0.1, 0.15) is 11.1 Å². The zero-order chi connectivity index (χ0) is 13.9. The lowest BCUT2D eigenvalue weighted by Gasteiger charge is -2.24. The van der Waals surface area contributed by atoms with Gasteiger partial charge < -0.3 is 10.2 Å². The van der Waals surface area contributed by atoms with Gasteiger partial charge in [-0.25, -0.2) is 8.78 Å². The predicted octanol–water partition coefficient (Wildman–Crippen LogP) is 3.07. The molecule has 0 spiro atoms. The fraction of sp³-hybridized carbons (Fsp3) is 0.250. The van der Waals surface area contributed by atoms with Gasteiger partial charge in [0.2, 0.25) is 0 Å². The molecule has 1 aliphatic rings. The number of hydrogen-bond acceptors (Lipinski definition) is 2. The lowest BCUT2D eigenvalue weighted by Crippen LogP contribution is -2.28. The second-order valence-electron chi connectivity index (χ2n) is 4.96. The Kier molecular flexibility index (Phi) is 3.65. The minimum atomic E-state index is -0.538. The standard InChI is InChI=1S/C16H16F2N2/c17-14-6-5-13(15(18)9-14)11-20-8-7-19-10-12-3-1-2-4-16(12)20/h1-6,9,19H,7-8,10-11H2. The number of halogens is 2. The van der Waals surface area contributed by atoms with Crippen molar-refractivity contribution in [2.45, 2.75) is 13.1 Å². The lowest BCUT2D eigenvalue weighted by atomic mass is 10.1. The maximum atomic E-state index is 13.8. The predicted molar refractivity (Wildman–Crippen MR) is 75.6 cm³/mol. The molecule has 0 saturated carbocycles. The lowest BCUT2D eigenvalue weighted by molar-refractivity contribution is 0.568. The molecule has 2 nitrogen and oxygen atoms in total. The van der Waals surface area contributed by atoms with Gasteiger partial charge in [0.15, 0.2) is 0 Å². The molecular weight excluding hydrogens is 258 g/mol. The van der Waals surface area contributed by atoms with Crippen LogP contribution in [-0.4, -0.2) is 13.1 Å². The number of nitrogens with one attached hydrogen (secondary N) is 1. The topological polar surface area (TPSA) is 15.3 Å². The van der Waals surface area contributed by atoms with Gasteiger partial charge in [-0.15, -0.1) is 0 Å². The molecule has 1 aliphatic heterocycles. The fourth-order valence-electron chi connectivity index (χ4n) is 2.55. The third-order valence-corrected chi connectivity index (χ3v) is 3.58. The molecular formula is C16H16F2N2. The molecule has 2 aromatic carbocycles. The summed E-state index contributed by atoms with van der Waals surface area (Å²) in [6.45, 7) is 2.91. The molecule has 3 rings (SSSR count). The second-order valence-corrected chi connectivity index (χ2v) is 4.96. The molecule has 0 radical (unpaired) electrons. The van der Waals surface area contributed by atoms with Crippen molar-refractivity contribution in [2.75, 3.05) is 18.0 Å². The first-order valence-corrected chi connectivity index (χ1v) is 6.71. The number of anilines is 1. The Hall–Kier alpha value is -1.94. The van der Waals surface area contributed by atoms with Crippen LogP contribution in [0, 0.1) is 11.6 Å². The Morgan fingerprint density at radius 3 is 2.80 bits per heavy atom. The van der Waals surface area contributed by atoms with Crippen molar-refractivity contribution in [1.82, 2.24) is 5.32 Å². The Balaban J connectivity index is 1.90. The van der Waals surface area contributed by atoms with Crippen LogP contribution in [0.4, 0.5) is 14.5 Å². The molecule has 0 bridgehead atoms. The molecule has 20 heavy (non-hydrogen) atoms. The molecule has 0 amide bonds. The van der Waals surface area contributed by atoms with E-state index in [0.717, 1.165) is 31.4 Å². The summed E-state index contributed by atoms with van der Waals surface area (Å²) in [5.74, 6) is -1.02. The van der Waals surface area contributed by atoms with Crippen LogP contribution < -0.4 is 10.2 Å². The quantitative estimate of drug-likeness (QED) is 0.905. The van der Waals surface area contributed by atoms with Gasteiger partial charge in [-0.2, -0.15) is 0 Å². The number of benzene rings is 2. The largest absolute Gasteiger partial charge is 0.366 e. The maximum absolute atomic E-state index is 13.8. The van der Waals surface area contributed by atoms with Crippen LogP contribution >= 0.6 is 0 Å². The van der Waals surface area contributed by atoms with Crippen molar-refractivity contribution in [3.05, 3.63) is 65.2 Å². The van der Waals surface area contributed by atoms with Crippen LogP contribution in [0.3, 0.4) is 0 Å². The van der Waals surface area contributed by atoms with E-state index in [9.17, 15) is 8.78 Å². The van der Waals surface area contributed by atoms with Crippen molar-refractivity contribution in [1.29, 1.82) is 0 Å². The normalized spacial score (nSPS) is 14.8. The first-order valence-electron chi connectivity index (χ1n) is 6.71. The maximum Gasteiger partial charge on any atom is 0.131 e. The van der Waals surface area contributed by atoms with E-state index >= 15 is 0 Å². The molecule has 0 fully saturated rings. The zero-order valence-corrected chi connectivity index (χ0v) is 11.1. The summed E-state index contributed by atoms with van der Waals surface area (Å²) in [6.07, 6.45) is 0. The first-order chi connectivity index (χ1) is 9.74. The van der Waals surface area contributed by atoms with E-state index in [0.29, 0.717) is 12.1 Å². The highest BCUT2D eigenvalue weighted by Gasteiger charge is 2.16. The molecule has 104 valence electrons. The Bertz CT molecular complexity index is 613. The number of rotatable bonds is 2. The van der Waals surface area contributed by atoms with Gasteiger partial charge in [0, 0.05) is 43.5 Å². The monoisotopic (exact) mass is 274 g/mol. The second kappa shape index (κ2) is 5.59. The van der Waals surface area contributed by atoms with Gasteiger partial charge >= 0.3 is 0 Å². The van der Waals surface area contributed by atoms with Gasteiger partial charge in [-0.05, 0) is 17.7 Å². The Morgan fingerprint density at radius 2 is 1.95 bits per heavy atom. The molecule has 1 N–H and O–H groups in total. The summed E-state index contributed by atoms with van der Waals surface area (Å²) < 4.78 is 26.8. The van der Waals surface area contributed by atoms with Gasteiger partial charge in [0.1, 0.15) is 11.6 Å². The summed E-state index contributed by atoms with van der Waals surface area (Å²) in [5, 5.41) is 3.35. The Morgan fingerprint density at radius 1 is 1.10 bits per heavy atom. The van der Waals surface area contributed by atoms with Gasteiger partial charge in [-0.3, -0.25) is 0 Å². The fourth-order valence-corrected chi connectivity index (χ4v) is 2.55. The molecule has 0 unspecified atom stereocenters. The number of fused-ring (bicyclic) bond motifs is 1. The van der Waals surface area contributed by atoms with Crippen LogP contribution in [0.5, 0.6) is 0 Å². The van der Waals surface area contributed by atoms with E-state index in [1.165, 1.54) is 17.7 Å². The van der Waals surface area contributed by atoms with Crippen LogP contribution in [0.2, 0.25) is 0 Å². The average molecular weight is 274 g/mol. The van der Waals surface area contributed by atoms with Crippen molar-refractivity contribution in [3.8, 4) is 0 Å². The summed E-state index contributed by atoms with van der Waals surface area (Å²) >= 11 is 0. The SMILES string of the molecule is Fc1ccc(CN2CCNCc3ccccc32)c(F)c1. The molecule has 0 saturated heterocycles. The van der Waals surface area contributed by atoms with Crippen LogP contribution in [0.15, 0.2) is 42.5 Å². The van der Waals surface area contributed by atoms with Crippen molar-refractivity contribution in [3.63, 3.8) is 0 Å². The summed E-state index contributed by atoms with van der Waals surface area (Å²) in [7, 11) is 0. The number of para-hydroxylation sites is 1. The van der Waals surface area contributed by atoms with E-state index < -0.39 is 11.6 Å². The van der Waals surface area contributed by atoms with Crippen molar-refractivity contribution < 1.29 is 8.78 Å². The molecule has 4 heteroatoms. The Labute approximate surface area is 117 Å². The van der Waals surface area contributed by atoms with Crippen molar-refractivity contribution >= 4 is 5.69 Å².